The molecule has 5 nitrogen and oxygen atoms in total. The Kier molecular flexibility index (Phi) is 2.19. The number of nitrogens with zero attached hydrogens (tertiary/aromatic N) is 2. The third-order valence-electron chi connectivity index (χ3n) is 2.63. The minimum Gasteiger partial charge on any atom is -0.384 e. The van der Waals surface area contributed by atoms with Crippen LogP contribution in [0.3, 0.4) is 0 Å². The summed E-state index contributed by atoms with van der Waals surface area (Å²) in [6.07, 6.45) is 1.08. The van der Waals surface area contributed by atoms with Crippen LogP contribution in [0.15, 0.2) is 0 Å². The zero-order chi connectivity index (χ0) is 10.3. The monoisotopic (exact) mass is 198 g/mol. The Morgan fingerprint density at radius 3 is 2.71 bits per heavy atom. The highest BCUT2D eigenvalue weighted by Gasteiger charge is 2.40. The number of hydrogen-bond acceptors (Lipinski definition) is 3. The normalized spacial score (nSPS) is 24.3. The smallest absolute Gasteiger partial charge is 0.253 e. The van der Waals surface area contributed by atoms with E-state index >= 15 is 0 Å². The van der Waals surface area contributed by atoms with Crippen LogP contribution < -0.4 is 0 Å². The zero-order valence-electron chi connectivity index (χ0n) is 8.14. The Morgan fingerprint density at radius 1 is 1.57 bits per heavy atom. The standard InChI is InChI=1S/C9H14N2O3/c1-6(12)9(14)10-4-8(13)11(5-10)7-2-3-7/h6-7,12H,2-5H2,1H3. The lowest BCUT2D eigenvalue weighted by atomic mass is 10.3. The van der Waals surface area contributed by atoms with Crippen molar-refractivity contribution < 1.29 is 14.7 Å². The van der Waals surface area contributed by atoms with Crippen molar-refractivity contribution in [2.24, 2.45) is 0 Å². The maximum Gasteiger partial charge on any atom is 0.253 e. The topological polar surface area (TPSA) is 60.9 Å². The number of aliphatic hydroxyl groups excluding tert-OH is 1. The first kappa shape index (κ1) is 9.45. The minimum absolute atomic E-state index is 0.00139. The first-order chi connectivity index (χ1) is 6.59. The molecule has 1 N–H and O–H groups in total. The average molecular weight is 198 g/mol. The van der Waals surface area contributed by atoms with Crippen molar-refractivity contribution in [1.82, 2.24) is 9.80 Å². The summed E-state index contributed by atoms with van der Waals surface area (Å²) in [5.41, 5.74) is 0. The summed E-state index contributed by atoms with van der Waals surface area (Å²) in [4.78, 5) is 26.0. The largest absolute Gasteiger partial charge is 0.384 e. The van der Waals surface area contributed by atoms with Gasteiger partial charge in [-0.15, -0.1) is 0 Å². The van der Waals surface area contributed by atoms with Crippen LogP contribution in [0, 0.1) is 0 Å². The van der Waals surface area contributed by atoms with Gasteiger partial charge in [-0.05, 0) is 19.8 Å². The van der Waals surface area contributed by atoms with E-state index in [0.717, 1.165) is 12.8 Å². The van der Waals surface area contributed by atoms with Crippen LogP contribution in [0.5, 0.6) is 0 Å². The average Bonchev–Trinajstić information content (AvgIpc) is 2.89. The Morgan fingerprint density at radius 2 is 2.21 bits per heavy atom. The predicted molar refractivity (Wildman–Crippen MR) is 48.1 cm³/mol. The Hall–Kier alpha value is -1.10. The number of rotatable bonds is 2. The quantitative estimate of drug-likeness (QED) is 0.629. The molecule has 5 heteroatoms. The lowest BCUT2D eigenvalue weighted by molar-refractivity contribution is -0.139. The van der Waals surface area contributed by atoms with Crippen molar-refractivity contribution >= 4 is 11.8 Å². The van der Waals surface area contributed by atoms with E-state index in [1.807, 2.05) is 0 Å². The first-order valence-corrected chi connectivity index (χ1v) is 4.86. The summed E-state index contributed by atoms with van der Waals surface area (Å²) in [5, 5.41) is 9.09. The first-order valence-electron chi connectivity index (χ1n) is 4.86. The van der Waals surface area contributed by atoms with E-state index in [4.69, 9.17) is 5.11 Å². The van der Waals surface area contributed by atoms with Crippen LogP contribution in [-0.4, -0.2) is 52.1 Å². The molecule has 1 atom stereocenters. The molecule has 2 fully saturated rings. The van der Waals surface area contributed by atoms with Crippen LogP contribution in [-0.2, 0) is 9.59 Å². The lowest BCUT2D eigenvalue weighted by Crippen LogP contribution is -2.37. The molecule has 1 heterocycles. The minimum atomic E-state index is -1.01. The second-order valence-electron chi connectivity index (χ2n) is 3.95. The van der Waals surface area contributed by atoms with E-state index in [2.05, 4.69) is 0 Å². The van der Waals surface area contributed by atoms with E-state index in [9.17, 15) is 9.59 Å². The fraction of sp³-hybridized carbons (Fsp3) is 0.778. The van der Waals surface area contributed by atoms with Gasteiger partial charge in [-0.1, -0.05) is 0 Å². The van der Waals surface area contributed by atoms with Gasteiger partial charge in [0.2, 0.25) is 5.91 Å². The van der Waals surface area contributed by atoms with Crippen LogP contribution >= 0.6 is 0 Å². The molecule has 14 heavy (non-hydrogen) atoms. The molecule has 1 saturated carbocycles. The van der Waals surface area contributed by atoms with Gasteiger partial charge in [-0.2, -0.15) is 0 Å². The maximum absolute atomic E-state index is 11.4. The number of hydrogen-bond donors (Lipinski definition) is 1. The lowest BCUT2D eigenvalue weighted by Gasteiger charge is -2.18. The number of amides is 2. The molecule has 0 aromatic rings. The van der Waals surface area contributed by atoms with Gasteiger partial charge < -0.3 is 14.9 Å². The number of carbonyl (C=O) groups excluding carboxylic acids is 2. The van der Waals surface area contributed by atoms with Gasteiger partial charge in [0.05, 0.1) is 6.67 Å². The second-order valence-corrected chi connectivity index (χ2v) is 3.95. The Balaban J connectivity index is 1.98. The van der Waals surface area contributed by atoms with Gasteiger partial charge in [0.1, 0.15) is 12.6 Å². The van der Waals surface area contributed by atoms with Crippen molar-refractivity contribution in [2.45, 2.75) is 31.9 Å². The van der Waals surface area contributed by atoms with Crippen molar-refractivity contribution in [2.75, 3.05) is 13.2 Å². The number of aliphatic hydroxyl groups is 1. The molecule has 78 valence electrons. The van der Waals surface area contributed by atoms with E-state index in [1.165, 1.54) is 11.8 Å². The van der Waals surface area contributed by atoms with Crippen molar-refractivity contribution in [3.05, 3.63) is 0 Å². The van der Waals surface area contributed by atoms with E-state index in [-0.39, 0.29) is 18.4 Å². The van der Waals surface area contributed by atoms with Crippen LogP contribution in [0.25, 0.3) is 0 Å². The van der Waals surface area contributed by atoms with Crippen molar-refractivity contribution in [1.29, 1.82) is 0 Å². The molecule has 1 saturated heterocycles. The fourth-order valence-corrected chi connectivity index (χ4v) is 1.68. The van der Waals surface area contributed by atoms with Crippen molar-refractivity contribution in [3.8, 4) is 0 Å². The molecule has 0 bridgehead atoms. The van der Waals surface area contributed by atoms with Gasteiger partial charge in [-0.3, -0.25) is 9.59 Å². The molecule has 2 rings (SSSR count). The van der Waals surface area contributed by atoms with Gasteiger partial charge in [-0.25, -0.2) is 0 Å². The Bertz CT molecular complexity index is 273. The molecule has 0 radical (unpaired) electrons. The number of carbonyl (C=O) groups is 2. The fourth-order valence-electron chi connectivity index (χ4n) is 1.68. The van der Waals surface area contributed by atoms with E-state index in [0.29, 0.717) is 12.7 Å². The summed E-state index contributed by atoms with van der Waals surface area (Å²) in [6, 6.07) is 0.342. The molecule has 1 unspecified atom stereocenters. The summed E-state index contributed by atoms with van der Waals surface area (Å²) in [5.74, 6) is -0.358. The second kappa shape index (κ2) is 3.24. The molecular formula is C9H14N2O3. The van der Waals surface area contributed by atoms with Gasteiger partial charge in [0.25, 0.3) is 5.91 Å². The van der Waals surface area contributed by atoms with E-state index in [1.54, 1.807) is 4.90 Å². The van der Waals surface area contributed by atoms with Gasteiger partial charge >= 0.3 is 0 Å². The third kappa shape index (κ3) is 1.59. The van der Waals surface area contributed by atoms with Crippen LogP contribution in [0.1, 0.15) is 19.8 Å². The maximum atomic E-state index is 11.4. The van der Waals surface area contributed by atoms with Gasteiger partial charge in [0.15, 0.2) is 0 Å². The highest BCUT2D eigenvalue weighted by atomic mass is 16.3. The van der Waals surface area contributed by atoms with Gasteiger partial charge in [0, 0.05) is 6.04 Å². The molecule has 1 aliphatic heterocycles. The summed E-state index contributed by atoms with van der Waals surface area (Å²) in [7, 11) is 0. The summed E-state index contributed by atoms with van der Waals surface area (Å²) in [6.45, 7) is 1.90. The van der Waals surface area contributed by atoms with Crippen LogP contribution in [0.4, 0.5) is 0 Å². The molecule has 2 aliphatic rings. The highest BCUT2D eigenvalue weighted by molar-refractivity contribution is 5.89. The predicted octanol–water partition coefficient (Wildman–Crippen LogP) is -0.842. The highest BCUT2D eigenvalue weighted by Crippen LogP contribution is 2.29. The Labute approximate surface area is 82.3 Å². The third-order valence-corrected chi connectivity index (χ3v) is 2.63. The molecule has 0 aromatic heterocycles. The molecule has 0 spiro atoms. The summed E-state index contributed by atoms with van der Waals surface area (Å²) < 4.78 is 0. The molecular weight excluding hydrogens is 184 g/mol. The van der Waals surface area contributed by atoms with Crippen LogP contribution in [0.2, 0.25) is 0 Å². The van der Waals surface area contributed by atoms with E-state index < -0.39 is 6.10 Å². The zero-order valence-corrected chi connectivity index (χ0v) is 8.14. The molecule has 1 aliphatic carbocycles. The molecule has 0 aromatic carbocycles. The SMILES string of the molecule is CC(O)C(=O)N1CC(=O)N(C2CC2)C1. The summed E-state index contributed by atoms with van der Waals surface area (Å²) >= 11 is 0. The van der Waals surface area contributed by atoms with Crippen molar-refractivity contribution in [3.63, 3.8) is 0 Å². The molecule has 2 amide bonds.